The third-order valence-electron chi connectivity index (χ3n) is 4.89. The van der Waals surface area contributed by atoms with Crippen LogP contribution in [-0.2, 0) is 10.2 Å². The van der Waals surface area contributed by atoms with Crippen molar-refractivity contribution in [2.24, 2.45) is 0 Å². The fraction of sp³-hybridized carbons (Fsp3) is 0.240. The number of ether oxygens (including phenoxy) is 1. The summed E-state index contributed by atoms with van der Waals surface area (Å²) in [4.78, 5) is 13.6. The zero-order valence-electron chi connectivity index (χ0n) is 17.1. The molecule has 0 unspecified atom stereocenters. The molecule has 0 atom stereocenters. The molecule has 28 heavy (non-hydrogen) atoms. The molecule has 0 spiro atoms. The zero-order valence-corrected chi connectivity index (χ0v) is 17.9. The predicted octanol–water partition coefficient (Wildman–Crippen LogP) is 6.83. The molecule has 3 aromatic carbocycles. The van der Waals surface area contributed by atoms with E-state index in [0.717, 1.165) is 27.1 Å². The summed E-state index contributed by atoms with van der Waals surface area (Å²) < 4.78 is 5.07. The molecule has 0 radical (unpaired) electrons. The largest absolute Gasteiger partial charge is 0.465 e. The zero-order chi connectivity index (χ0) is 20.3. The number of esters is 1. The quantitative estimate of drug-likeness (QED) is 0.361. The predicted molar refractivity (Wildman–Crippen MR) is 119 cm³/mol. The number of carbonyl (C=O) groups excluding carboxylic acids is 1. The van der Waals surface area contributed by atoms with E-state index in [1.807, 2.05) is 30.5 Å². The minimum Gasteiger partial charge on any atom is -0.465 e. The summed E-state index contributed by atoms with van der Waals surface area (Å²) in [6.07, 6.45) is 2.03. The molecule has 0 saturated heterocycles. The standard InChI is InChI=1S/C25H26O2S/c1-25(2,3)19-13-11-18(12-14-19)20-15-21(17-9-7-6-8-10-17)23(28-5)16-22(20)24(26)27-4/h6-16H,1-5H3. The van der Waals surface area contributed by atoms with Crippen molar-refractivity contribution in [2.45, 2.75) is 31.1 Å². The van der Waals surface area contributed by atoms with Crippen LogP contribution in [-0.4, -0.2) is 19.3 Å². The average Bonchev–Trinajstić information content (AvgIpc) is 2.72. The number of rotatable bonds is 4. The van der Waals surface area contributed by atoms with Crippen LogP contribution in [0, 0.1) is 0 Å². The molecule has 144 valence electrons. The molecule has 0 aliphatic rings. The lowest BCUT2D eigenvalue weighted by atomic mass is 9.85. The van der Waals surface area contributed by atoms with Crippen molar-refractivity contribution in [3.05, 3.63) is 77.9 Å². The second kappa shape index (κ2) is 8.24. The Labute approximate surface area is 171 Å². The summed E-state index contributed by atoms with van der Waals surface area (Å²) in [5.74, 6) is -0.315. The van der Waals surface area contributed by atoms with E-state index in [9.17, 15) is 4.79 Å². The molecule has 3 rings (SSSR count). The van der Waals surface area contributed by atoms with Gasteiger partial charge in [-0.25, -0.2) is 4.79 Å². The molecule has 0 aliphatic heterocycles. The Kier molecular flexibility index (Phi) is 5.95. The van der Waals surface area contributed by atoms with E-state index in [1.54, 1.807) is 11.8 Å². The maximum absolute atomic E-state index is 12.5. The van der Waals surface area contributed by atoms with Crippen molar-refractivity contribution in [3.8, 4) is 22.3 Å². The Morgan fingerprint density at radius 1 is 0.857 bits per heavy atom. The van der Waals surface area contributed by atoms with Crippen LogP contribution >= 0.6 is 11.8 Å². The molecule has 3 heteroatoms. The van der Waals surface area contributed by atoms with E-state index in [4.69, 9.17) is 4.74 Å². The molecule has 0 fully saturated rings. The fourth-order valence-electron chi connectivity index (χ4n) is 3.26. The number of methoxy groups -OCH3 is 1. The Bertz CT molecular complexity index is 968. The van der Waals surface area contributed by atoms with Crippen LogP contribution in [0.15, 0.2) is 71.6 Å². The minimum absolute atomic E-state index is 0.0849. The third kappa shape index (κ3) is 4.15. The molecule has 3 aromatic rings. The lowest BCUT2D eigenvalue weighted by Crippen LogP contribution is -2.10. The Morgan fingerprint density at radius 3 is 2.00 bits per heavy atom. The number of carbonyl (C=O) groups is 1. The van der Waals surface area contributed by atoms with Crippen LogP contribution < -0.4 is 0 Å². The SMILES string of the molecule is COC(=O)c1cc(SC)c(-c2ccccc2)cc1-c1ccc(C(C)(C)C)cc1. The number of hydrogen-bond acceptors (Lipinski definition) is 3. The molecule has 0 bridgehead atoms. The summed E-state index contributed by atoms with van der Waals surface area (Å²) in [5, 5.41) is 0. The lowest BCUT2D eigenvalue weighted by Gasteiger charge is -2.20. The van der Waals surface area contributed by atoms with Gasteiger partial charge in [-0.3, -0.25) is 0 Å². The molecule has 0 N–H and O–H groups in total. The van der Waals surface area contributed by atoms with Gasteiger partial charge in [0.2, 0.25) is 0 Å². The van der Waals surface area contributed by atoms with Gasteiger partial charge >= 0.3 is 5.97 Å². The maximum atomic E-state index is 12.5. The van der Waals surface area contributed by atoms with Crippen molar-refractivity contribution in [1.82, 2.24) is 0 Å². The number of thioether (sulfide) groups is 1. The van der Waals surface area contributed by atoms with Gasteiger partial charge in [-0.1, -0.05) is 75.4 Å². The Balaban J connectivity index is 2.21. The van der Waals surface area contributed by atoms with E-state index in [-0.39, 0.29) is 11.4 Å². The number of benzene rings is 3. The first-order valence-corrected chi connectivity index (χ1v) is 10.5. The fourth-order valence-corrected chi connectivity index (χ4v) is 3.89. The molecule has 0 aromatic heterocycles. The highest BCUT2D eigenvalue weighted by Gasteiger charge is 2.19. The van der Waals surface area contributed by atoms with Gasteiger partial charge < -0.3 is 4.74 Å². The van der Waals surface area contributed by atoms with Crippen molar-refractivity contribution in [1.29, 1.82) is 0 Å². The average molecular weight is 391 g/mol. The smallest absolute Gasteiger partial charge is 0.338 e. The van der Waals surface area contributed by atoms with E-state index in [2.05, 4.69) is 63.2 Å². The Morgan fingerprint density at radius 2 is 1.46 bits per heavy atom. The van der Waals surface area contributed by atoms with Crippen LogP contribution in [0.4, 0.5) is 0 Å². The molecule has 0 heterocycles. The summed E-state index contributed by atoms with van der Waals surface area (Å²) in [6, 6.07) is 22.8. The van der Waals surface area contributed by atoms with Crippen LogP contribution in [0.5, 0.6) is 0 Å². The third-order valence-corrected chi connectivity index (χ3v) is 5.67. The molecule has 0 aliphatic carbocycles. The molecule has 2 nitrogen and oxygen atoms in total. The van der Waals surface area contributed by atoms with Gasteiger partial charge in [0.15, 0.2) is 0 Å². The van der Waals surface area contributed by atoms with E-state index < -0.39 is 0 Å². The highest BCUT2D eigenvalue weighted by atomic mass is 32.2. The highest BCUT2D eigenvalue weighted by molar-refractivity contribution is 7.98. The number of hydrogen-bond donors (Lipinski definition) is 0. The molecule has 0 saturated carbocycles. The summed E-state index contributed by atoms with van der Waals surface area (Å²) in [6.45, 7) is 6.59. The van der Waals surface area contributed by atoms with Crippen LogP contribution in [0.1, 0.15) is 36.7 Å². The van der Waals surface area contributed by atoms with Crippen LogP contribution in [0.25, 0.3) is 22.3 Å². The van der Waals surface area contributed by atoms with Gasteiger partial charge in [-0.2, -0.15) is 0 Å². The molecular weight excluding hydrogens is 364 g/mol. The van der Waals surface area contributed by atoms with Crippen LogP contribution in [0.3, 0.4) is 0 Å². The maximum Gasteiger partial charge on any atom is 0.338 e. The summed E-state index contributed by atoms with van der Waals surface area (Å²) in [5.41, 5.74) is 6.10. The monoisotopic (exact) mass is 390 g/mol. The van der Waals surface area contributed by atoms with Gasteiger partial charge in [-0.05, 0) is 51.6 Å². The second-order valence-electron chi connectivity index (χ2n) is 7.78. The van der Waals surface area contributed by atoms with E-state index in [0.29, 0.717) is 5.56 Å². The molecular formula is C25H26O2S. The topological polar surface area (TPSA) is 26.3 Å². The first-order valence-electron chi connectivity index (χ1n) is 9.32. The van der Waals surface area contributed by atoms with E-state index in [1.165, 1.54) is 12.7 Å². The normalized spacial score (nSPS) is 11.3. The molecule has 0 amide bonds. The van der Waals surface area contributed by atoms with E-state index >= 15 is 0 Å². The summed E-state index contributed by atoms with van der Waals surface area (Å²) >= 11 is 1.63. The summed E-state index contributed by atoms with van der Waals surface area (Å²) in [7, 11) is 1.43. The minimum atomic E-state index is -0.315. The van der Waals surface area contributed by atoms with Gasteiger partial charge in [0.1, 0.15) is 0 Å². The van der Waals surface area contributed by atoms with Gasteiger partial charge in [-0.15, -0.1) is 11.8 Å². The van der Waals surface area contributed by atoms with Gasteiger partial charge in [0.25, 0.3) is 0 Å². The highest BCUT2D eigenvalue weighted by Crippen LogP contribution is 2.37. The first kappa shape index (κ1) is 20.2. The van der Waals surface area contributed by atoms with Crippen molar-refractivity contribution < 1.29 is 9.53 Å². The van der Waals surface area contributed by atoms with Gasteiger partial charge in [0.05, 0.1) is 12.7 Å². The van der Waals surface area contributed by atoms with Gasteiger partial charge in [0, 0.05) is 4.90 Å². The lowest BCUT2D eigenvalue weighted by molar-refractivity contribution is 0.0601. The van der Waals surface area contributed by atoms with Crippen molar-refractivity contribution in [3.63, 3.8) is 0 Å². The first-order chi connectivity index (χ1) is 13.3. The second-order valence-corrected chi connectivity index (χ2v) is 8.63. The van der Waals surface area contributed by atoms with Crippen LogP contribution in [0.2, 0.25) is 0 Å². The van der Waals surface area contributed by atoms with Crippen molar-refractivity contribution >= 4 is 17.7 Å². The Hall–Kier alpha value is -2.52. The van der Waals surface area contributed by atoms with Crippen molar-refractivity contribution in [2.75, 3.05) is 13.4 Å².